The van der Waals surface area contributed by atoms with E-state index >= 15 is 0 Å². The van der Waals surface area contributed by atoms with E-state index in [1.807, 2.05) is 12.1 Å². The molecule has 1 aliphatic carbocycles. The number of piperazine rings is 1. The Bertz CT molecular complexity index is 881. The third-order valence-electron chi connectivity index (χ3n) is 5.36. The van der Waals surface area contributed by atoms with E-state index in [0.717, 1.165) is 24.8 Å². The molecule has 1 aromatic rings. The third-order valence-corrected chi connectivity index (χ3v) is 5.36. The van der Waals surface area contributed by atoms with E-state index in [1.165, 1.54) is 20.3 Å². The minimum atomic E-state index is -0.438. The number of amides is 3. The zero-order chi connectivity index (χ0) is 18.3. The monoisotopic (exact) mass is 354 g/mol. The molecule has 1 unspecified atom stereocenters. The standard InChI is InChI=1S/C19H22N4O3/c1-20-11-19(26)22-12-18(25)21(10-17(22)23(20)13-24)9-15-7-4-6-14-5-2-3-8-16(14)15/h4-8,13,17H,2-3,9-12H2,1H3. The maximum Gasteiger partial charge on any atom is 0.242 e. The molecular weight excluding hydrogens is 332 g/mol. The number of carbonyl (C=O) groups excluding carboxylic acids is 3. The first-order valence-electron chi connectivity index (χ1n) is 8.88. The van der Waals surface area contributed by atoms with Gasteiger partial charge in [0.15, 0.2) is 0 Å². The van der Waals surface area contributed by atoms with Crippen LogP contribution in [0.2, 0.25) is 0 Å². The molecule has 0 radical (unpaired) electrons. The zero-order valence-corrected chi connectivity index (χ0v) is 14.8. The molecule has 2 aliphatic heterocycles. The lowest BCUT2D eigenvalue weighted by Gasteiger charge is -2.50. The molecule has 7 heteroatoms. The first-order valence-corrected chi connectivity index (χ1v) is 8.88. The summed E-state index contributed by atoms with van der Waals surface area (Å²) in [5, 5.41) is 5.51. The summed E-state index contributed by atoms with van der Waals surface area (Å²) in [6, 6.07) is 6.15. The molecule has 2 fully saturated rings. The zero-order valence-electron chi connectivity index (χ0n) is 14.8. The van der Waals surface area contributed by atoms with E-state index in [2.05, 4.69) is 18.2 Å². The van der Waals surface area contributed by atoms with Gasteiger partial charge in [-0.15, -0.1) is 0 Å². The first kappa shape index (κ1) is 16.8. The van der Waals surface area contributed by atoms with Gasteiger partial charge >= 0.3 is 0 Å². The van der Waals surface area contributed by atoms with E-state index in [9.17, 15) is 14.4 Å². The highest BCUT2D eigenvalue weighted by atomic mass is 16.2. The van der Waals surface area contributed by atoms with Crippen LogP contribution in [0.5, 0.6) is 0 Å². The van der Waals surface area contributed by atoms with Gasteiger partial charge in [0.1, 0.15) is 12.7 Å². The van der Waals surface area contributed by atoms with Crippen molar-refractivity contribution in [2.24, 2.45) is 0 Å². The van der Waals surface area contributed by atoms with Gasteiger partial charge in [-0.2, -0.15) is 0 Å². The summed E-state index contributed by atoms with van der Waals surface area (Å²) >= 11 is 0. The van der Waals surface area contributed by atoms with E-state index in [0.29, 0.717) is 13.1 Å². The van der Waals surface area contributed by atoms with Crippen LogP contribution in [0.1, 0.15) is 18.4 Å². The molecule has 3 aliphatic rings. The highest BCUT2D eigenvalue weighted by Gasteiger charge is 2.43. The Morgan fingerprint density at radius 3 is 2.73 bits per heavy atom. The van der Waals surface area contributed by atoms with Gasteiger partial charge in [-0.1, -0.05) is 30.4 Å². The number of likely N-dealkylation sites (N-methyl/N-ethyl adjacent to an activating group) is 1. The lowest BCUT2D eigenvalue weighted by atomic mass is 10.0. The summed E-state index contributed by atoms with van der Waals surface area (Å²) in [5.41, 5.74) is 1.10. The average Bonchev–Trinajstić information content (AvgIpc) is 2.64. The minimum absolute atomic E-state index is 0.0204. The number of rotatable bonds is 3. The second kappa shape index (κ2) is 6.57. The van der Waals surface area contributed by atoms with Crippen molar-refractivity contribution in [2.45, 2.75) is 25.6 Å². The molecule has 4 rings (SSSR count). The van der Waals surface area contributed by atoms with Crippen LogP contribution < -0.4 is 10.4 Å². The molecular formula is C19H22N4O3. The van der Waals surface area contributed by atoms with Crippen LogP contribution in [-0.2, 0) is 20.9 Å². The third kappa shape index (κ3) is 2.78. The maximum atomic E-state index is 12.6. The molecule has 0 saturated carbocycles. The van der Waals surface area contributed by atoms with Gasteiger partial charge in [0.2, 0.25) is 18.2 Å². The predicted octanol–water partition coefficient (Wildman–Crippen LogP) is -1.14. The summed E-state index contributed by atoms with van der Waals surface area (Å²) in [6.45, 7) is 0.939. The van der Waals surface area contributed by atoms with Crippen molar-refractivity contribution in [3.8, 4) is 0 Å². The number of carbonyl (C=O) groups is 3. The van der Waals surface area contributed by atoms with Crippen LogP contribution in [0.15, 0.2) is 18.2 Å². The van der Waals surface area contributed by atoms with Crippen LogP contribution in [0.3, 0.4) is 0 Å². The van der Waals surface area contributed by atoms with E-state index in [4.69, 9.17) is 0 Å². The normalized spacial score (nSPS) is 23.1. The van der Waals surface area contributed by atoms with Crippen LogP contribution in [0.25, 0.3) is 12.2 Å². The van der Waals surface area contributed by atoms with Gasteiger partial charge in [-0.25, -0.2) is 5.01 Å². The molecule has 0 aromatic heterocycles. The van der Waals surface area contributed by atoms with Crippen molar-refractivity contribution in [2.75, 3.05) is 26.7 Å². The van der Waals surface area contributed by atoms with Crippen LogP contribution in [-0.4, -0.2) is 70.9 Å². The molecule has 1 aromatic carbocycles. The molecule has 26 heavy (non-hydrogen) atoms. The molecule has 0 N–H and O–H groups in total. The molecule has 1 atom stereocenters. The number of fused-ring (bicyclic) bond motifs is 2. The average molecular weight is 354 g/mol. The SMILES string of the molecule is CN1CC(=O)N2CC(=O)N(Cc3cccc4c3=CCCC=4)CC2N1C=O. The van der Waals surface area contributed by atoms with E-state index < -0.39 is 6.17 Å². The number of benzene rings is 1. The largest absolute Gasteiger partial charge is 0.333 e. The Morgan fingerprint density at radius 1 is 1.12 bits per heavy atom. The fourth-order valence-corrected chi connectivity index (χ4v) is 4.00. The quantitative estimate of drug-likeness (QED) is 0.644. The summed E-state index contributed by atoms with van der Waals surface area (Å²) in [6.07, 6.45) is 6.78. The Balaban J connectivity index is 1.62. The van der Waals surface area contributed by atoms with Crippen molar-refractivity contribution in [3.63, 3.8) is 0 Å². The molecule has 2 saturated heterocycles. The fourth-order valence-electron chi connectivity index (χ4n) is 4.00. The summed E-state index contributed by atoms with van der Waals surface area (Å²) in [5.74, 6) is -0.203. The predicted molar refractivity (Wildman–Crippen MR) is 95.3 cm³/mol. The fraction of sp³-hybridized carbons (Fsp3) is 0.421. The number of hydrazine groups is 1. The molecule has 136 valence electrons. The topological polar surface area (TPSA) is 64.2 Å². The highest BCUT2D eigenvalue weighted by Crippen LogP contribution is 2.20. The number of hydrogen-bond donors (Lipinski definition) is 0. The van der Waals surface area contributed by atoms with Crippen LogP contribution >= 0.6 is 0 Å². The van der Waals surface area contributed by atoms with E-state index in [-0.39, 0.29) is 24.9 Å². The van der Waals surface area contributed by atoms with Crippen molar-refractivity contribution < 1.29 is 14.4 Å². The van der Waals surface area contributed by atoms with Gasteiger partial charge in [0, 0.05) is 13.6 Å². The van der Waals surface area contributed by atoms with Gasteiger partial charge in [-0.05, 0) is 28.8 Å². The van der Waals surface area contributed by atoms with Gasteiger partial charge in [-0.3, -0.25) is 19.4 Å². The van der Waals surface area contributed by atoms with Crippen molar-refractivity contribution in [1.29, 1.82) is 0 Å². The molecule has 0 spiro atoms. The Labute approximate surface area is 151 Å². The maximum absolute atomic E-state index is 12.6. The Morgan fingerprint density at radius 2 is 1.92 bits per heavy atom. The minimum Gasteiger partial charge on any atom is -0.333 e. The van der Waals surface area contributed by atoms with Crippen molar-refractivity contribution >= 4 is 30.4 Å². The molecule has 2 heterocycles. The highest BCUT2D eigenvalue weighted by molar-refractivity contribution is 5.88. The number of hydrogen-bond acceptors (Lipinski definition) is 4. The lowest BCUT2D eigenvalue weighted by molar-refractivity contribution is -0.189. The molecule has 3 amide bonds. The van der Waals surface area contributed by atoms with E-state index in [1.54, 1.807) is 17.0 Å². The van der Waals surface area contributed by atoms with Gasteiger partial charge in [0.05, 0.1) is 13.1 Å². The Hall–Kier alpha value is -2.67. The van der Waals surface area contributed by atoms with Crippen molar-refractivity contribution in [3.05, 3.63) is 34.2 Å². The van der Waals surface area contributed by atoms with Gasteiger partial charge < -0.3 is 9.80 Å². The molecule has 0 bridgehead atoms. The number of nitrogens with zero attached hydrogens (tertiary/aromatic N) is 4. The second-order valence-corrected chi connectivity index (χ2v) is 6.98. The van der Waals surface area contributed by atoms with Crippen LogP contribution in [0.4, 0.5) is 0 Å². The summed E-state index contributed by atoms with van der Waals surface area (Å²) in [4.78, 5) is 39.7. The lowest BCUT2D eigenvalue weighted by Crippen LogP contribution is -2.70. The molecule has 7 nitrogen and oxygen atoms in total. The van der Waals surface area contributed by atoms with Crippen LogP contribution in [0, 0.1) is 0 Å². The Kier molecular flexibility index (Phi) is 4.24. The smallest absolute Gasteiger partial charge is 0.242 e. The first-order chi connectivity index (χ1) is 12.6. The van der Waals surface area contributed by atoms with Crippen molar-refractivity contribution in [1.82, 2.24) is 19.8 Å². The summed E-state index contributed by atoms with van der Waals surface area (Å²) < 4.78 is 0. The summed E-state index contributed by atoms with van der Waals surface area (Å²) in [7, 11) is 1.71. The second-order valence-electron chi connectivity index (χ2n) is 6.98. The van der Waals surface area contributed by atoms with Gasteiger partial charge in [0.25, 0.3) is 0 Å².